The molecule has 3 aromatic rings. The SMILES string of the molecule is CCCCCNC(=O)c1cc(-c2ccc(OC)cc2)n(-c2ccccc2)c1C. The van der Waals surface area contributed by atoms with Gasteiger partial charge in [0.1, 0.15) is 5.75 Å². The first-order chi connectivity index (χ1) is 13.7. The molecule has 0 bridgehead atoms. The molecule has 0 radical (unpaired) electrons. The zero-order valence-electron chi connectivity index (χ0n) is 16.9. The minimum absolute atomic E-state index is 0.0157. The van der Waals surface area contributed by atoms with Gasteiger partial charge in [0.25, 0.3) is 5.91 Å². The molecule has 28 heavy (non-hydrogen) atoms. The van der Waals surface area contributed by atoms with Crippen LogP contribution in [0.1, 0.15) is 42.2 Å². The van der Waals surface area contributed by atoms with E-state index in [1.807, 2.05) is 55.5 Å². The summed E-state index contributed by atoms with van der Waals surface area (Å²) < 4.78 is 7.42. The number of hydrogen-bond donors (Lipinski definition) is 1. The van der Waals surface area contributed by atoms with E-state index in [2.05, 4.69) is 28.9 Å². The Bertz CT molecular complexity index is 912. The van der Waals surface area contributed by atoms with Crippen molar-refractivity contribution in [2.24, 2.45) is 0 Å². The van der Waals surface area contributed by atoms with Crippen molar-refractivity contribution in [3.05, 3.63) is 71.9 Å². The Morgan fingerprint density at radius 2 is 1.75 bits per heavy atom. The number of unbranched alkanes of at least 4 members (excludes halogenated alkanes) is 2. The predicted molar refractivity (Wildman–Crippen MR) is 114 cm³/mol. The Hall–Kier alpha value is -3.01. The van der Waals surface area contributed by atoms with Crippen molar-refractivity contribution in [2.75, 3.05) is 13.7 Å². The third-order valence-electron chi connectivity index (χ3n) is 4.96. The number of amides is 1. The van der Waals surface area contributed by atoms with Crippen molar-refractivity contribution in [3.63, 3.8) is 0 Å². The summed E-state index contributed by atoms with van der Waals surface area (Å²) >= 11 is 0. The molecule has 1 amide bonds. The zero-order chi connectivity index (χ0) is 19.9. The molecule has 4 heteroatoms. The topological polar surface area (TPSA) is 43.3 Å². The van der Waals surface area contributed by atoms with Crippen LogP contribution in [0.5, 0.6) is 5.75 Å². The minimum Gasteiger partial charge on any atom is -0.497 e. The average Bonchev–Trinajstić information content (AvgIpc) is 3.09. The molecule has 1 N–H and O–H groups in total. The van der Waals surface area contributed by atoms with Crippen LogP contribution in [0.15, 0.2) is 60.7 Å². The fraction of sp³-hybridized carbons (Fsp3) is 0.292. The van der Waals surface area contributed by atoms with Crippen LogP contribution in [-0.4, -0.2) is 24.1 Å². The van der Waals surface area contributed by atoms with Crippen molar-refractivity contribution in [2.45, 2.75) is 33.1 Å². The van der Waals surface area contributed by atoms with Gasteiger partial charge in [0, 0.05) is 17.9 Å². The van der Waals surface area contributed by atoms with Crippen LogP contribution in [-0.2, 0) is 0 Å². The predicted octanol–water partition coefficient (Wildman–Crippen LogP) is 5.38. The molecule has 0 aliphatic rings. The Morgan fingerprint density at radius 1 is 1.04 bits per heavy atom. The van der Waals surface area contributed by atoms with Gasteiger partial charge in [-0.3, -0.25) is 4.79 Å². The molecule has 3 rings (SSSR count). The number of aromatic nitrogens is 1. The number of benzene rings is 2. The number of hydrogen-bond acceptors (Lipinski definition) is 2. The zero-order valence-corrected chi connectivity index (χ0v) is 16.9. The van der Waals surface area contributed by atoms with Crippen LogP contribution in [0.2, 0.25) is 0 Å². The molecule has 0 aliphatic carbocycles. The van der Waals surface area contributed by atoms with E-state index >= 15 is 0 Å². The third-order valence-corrected chi connectivity index (χ3v) is 4.96. The highest BCUT2D eigenvalue weighted by Gasteiger charge is 2.19. The molecule has 4 nitrogen and oxygen atoms in total. The first kappa shape index (κ1) is 19.7. The summed E-state index contributed by atoms with van der Waals surface area (Å²) in [5.74, 6) is 0.797. The van der Waals surface area contributed by atoms with Gasteiger partial charge in [0.15, 0.2) is 0 Å². The lowest BCUT2D eigenvalue weighted by Crippen LogP contribution is -2.24. The maximum absolute atomic E-state index is 12.8. The maximum Gasteiger partial charge on any atom is 0.253 e. The van der Waals surface area contributed by atoms with E-state index in [1.165, 1.54) is 0 Å². The number of para-hydroxylation sites is 1. The second-order valence-corrected chi connectivity index (χ2v) is 6.89. The lowest BCUT2D eigenvalue weighted by atomic mass is 10.1. The van der Waals surface area contributed by atoms with Crippen molar-refractivity contribution in [1.29, 1.82) is 0 Å². The normalized spacial score (nSPS) is 10.7. The molecule has 0 aliphatic heterocycles. The molecule has 0 spiro atoms. The molecule has 0 saturated heterocycles. The van der Waals surface area contributed by atoms with Gasteiger partial charge in [0.2, 0.25) is 0 Å². The smallest absolute Gasteiger partial charge is 0.253 e. The van der Waals surface area contributed by atoms with Gasteiger partial charge >= 0.3 is 0 Å². The fourth-order valence-corrected chi connectivity index (χ4v) is 3.39. The summed E-state index contributed by atoms with van der Waals surface area (Å²) in [5.41, 5.74) is 4.72. The van der Waals surface area contributed by atoms with E-state index in [-0.39, 0.29) is 5.91 Å². The standard InChI is InChI=1S/C24H28N2O2/c1-4-5-9-16-25-24(27)22-17-23(19-12-14-21(28-3)15-13-19)26(18(22)2)20-10-7-6-8-11-20/h6-8,10-15,17H,4-5,9,16H2,1-3H3,(H,25,27). The quantitative estimate of drug-likeness (QED) is 0.536. The molecule has 0 fully saturated rings. The lowest BCUT2D eigenvalue weighted by Gasteiger charge is -2.12. The Morgan fingerprint density at radius 3 is 2.39 bits per heavy atom. The van der Waals surface area contributed by atoms with Crippen molar-refractivity contribution < 1.29 is 9.53 Å². The minimum atomic E-state index is -0.0157. The third kappa shape index (κ3) is 4.28. The van der Waals surface area contributed by atoms with Crippen LogP contribution in [0.3, 0.4) is 0 Å². The first-order valence-electron chi connectivity index (χ1n) is 9.86. The first-order valence-corrected chi connectivity index (χ1v) is 9.86. The van der Waals surface area contributed by atoms with Crippen LogP contribution in [0.4, 0.5) is 0 Å². The number of nitrogens with zero attached hydrogens (tertiary/aromatic N) is 1. The van der Waals surface area contributed by atoms with Gasteiger partial charge in [0.05, 0.1) is 18.4 Å². The molecule has 146 valence electrons. The van der Waals surface area contributed by atoms with Gasteiger partial charge in [-0.1, -0.05) is 38.0 Å². The molecule has 1 heterocycles. The van der Waals surface area contributed by atoms with Crippen LogP contribution in [0, 0.1) is 6.92 Å². The van der Waals surface area contributed by atoms with Crippen molar-refractivity contribution in [3.8, 4) is 22.7 Å². The molecular formula is C24H28N2O2. The monoisotopic (exact) mass is 376 g/mol. The summed E-state index contributed by atoms with van der Waals surface area (Å²) in [4.78, 5) is 12.8. The number of carbonyl (C=O) groups is 1. The van der Waals surface area contributed by atoms with E-state index in [4.69, 9.17) is 4.74 Å². The molecule has 0 atom stereocenters. The highest BCUT2D eigenvalue weighted by Crippen LogP contribution is 2.30. The van der Waals surface area contributed by atoms with Crippen LogP contribution >= 0.6 is 0 Å². The average molecular weight is 377 g/mol. The van der Waals surface area contributed by atoms with Crippen LogP contribution in [0.25, 0.3) is 16.9 Å². The van der Waals surface area contributed by atoms with E-state index in [0.717, 1.165) is 47.7 Å². The summed E-state index contributed by atoms with van der Waals surface area (Å²) in [6.07, 6.45) is 3.27. The summed E-state index contributed by atoms with van der Waals surface area (Å²) in [5, 5.41) is 3.06. The molecule has 0 unspecified atom stereocenters. The molecular weight excluding hydrogens is 348 g/mol. The van der Waals surface area contributed by atoms with Gasteiger partial charge in [-0.05, 0) is 61.4 Å². The number of methoxy groups -OCH3 is 1. The summed E-state index contributed by atoms with van der Waals surface area (Å²) in [7, 11) is 1.66. The van der Waals surface area contributed by atoms with E-state index in [9.17, 15) is 4.79 Å². The number of nitrogens with one attached hydrogen (secondary N) is 1. The van der Waals surface area contributed by atoms with E-state index in [0.29, 0.717) is 12.1 Å². The Kier molecular flexibility index (Phi) is 6.53. The second kappa shape index (κ2) is 9.27. The maximum atomic E-state index is 12.8. The Labute approximate surface area is 167 Å². The van der Waals surface area contributed by atoms with E-state index in [1.54, 1.807) is 7.11 Å². The summed E-state index contributed by atoms with van der Waals surface area (Å²) in [6.45, 7) is 4.87. The van der Waals surface area contributed by atoms with Gasteiger partial charge in [-0.25, -0.2) is 0 Å². The molecule has 0 saturated carbocycles. The number of carbonyl (C=O) groups excluding carboxylic acids is 1. The molecule has 2 aromatic carbocycles. The molecule has 1 aromatic heterocycles. The second-order valence-electron chi connectivity index (χ2n) is 6.89. The fourth-order valence-electron chi connectivity index (χ4n) is 3.39. The van der Waals surface area contributed by atoms with Gasteiger partial charge < -0.3 is 14.6 Å². The highest BCUT2D eigenvalue weighted by molar-refractivity contribution is 5.97. The van der Waals surface area contributed by atoms with Gasteiger partial charge in [-0.15, -0.1) is 0 Å². The van der Waals surface area contributed by atoms with Crippen molar-refractivity contribution >= 4 is 5.91 Å². The highest BCUT2D eigenvalue weighted by atomic mass is 16.5. The van der Waals surface area contributed by atoms with Crippen molar-refractivity contribution in [1.82, 2.24) is 9.88 Å². The summed E-state index contributed by atoms with van der Waals surface area (Å²) in [6, 6.07) is 20.1. The van der Waals surface area contributed by atoms with Crippen LogP contribution < -0.4 is 10.1 Å². The number of ether oxygens (including phenoxy) is 1. The Balaban J connectivity index is 2.01. The lowest BCUT2D eigenvalue weighted by molar-refractivity contribution is 0.0952. The largest absolute Gasteiger partial charge is 0.497 e. The van der Waals surface area contributed by atoms with Gasteiger partial charge in [-0.2, -0.15) is 0 Å². The number of rotatable bonds is 8. The van der Waals surface area contributed by atoms with E-state index < -0.39 is 0 Å².